The van der Waals surface area contributed by atoms with Crippen LogP contribution in [-0.4, -0.2) is 41.2 Å². The van der Waals surface area contributed by atoms with E-state index in [0.717, 1.165) is 19.3 Å². The molecule has 0 aliphatic heterocycles. The minimum absolute atomic E-state index is 0.381. The maximum absolute atomic E-state index is 13.1. The maximum atomic E-state index is 13.1. The normalized spacial score (nSPS) is 17.9. The molecule has 7 nitrogen and oxygen atoms in total. The first-order valence-corrected chi connectivity index (χ1v) is 8.76. The standard InChI is InChI=1S/C14H18F6O7S/c1-2-11(6-4-3-5-7-11)25-9(21)8-24-10(22)12(13(15,16)17,14(18,19)20)28-27-26-23/h23H,2-8H2,1H3/p-1. The van der Waals surface area contributed by atoms with Crippen molar-refractivity contribution >= 4 is 24.0 Å². The monoisotopic (exact) mass is 443 g/mol. The fraction of sp³-hybridized carbons (Fsp3) is 0.857. The summed E-state index contributed by atoms with van der Waals surface area (Å²) in [6.07, 6.45) is -8.89. The molecule has 0 aromatic heterocycles. The lowest BCUT2D eigenvalue weighted by molar-refractivity contribution is -0.777. The van der Waals surface area contributed by atoms with Crippen LogP contribution in [0.2, 0.25) is 0 Å². The van der Waals surface area contributed by atoms with Gasteiger partial charge in [0, 0.05) is 0 Å². The van der Waals surface area contributed by atoms with Gasteiger partial charge in [0.05, 0.1) is 12.0 Å². The number of rotatable bonds is 8. The molecule has 0 bridgehead atoms. The fourth-order valence-electron chi connectivity index (χ4n) is 2.81. The van der Waals surface area contributed by atoms with E-state index in [1.807, 2.05) is 0 Å². The van der Waals surface area contributed by atoms with E-state index in [-0.39, 0.29) is 0 Å². The Kier molecular flexibility index (Phi) is 8.41. The van der Waals surface area contributed by atoms with Crippen molar-refractivity contribution in [1.29, 1.82) is 0 Å². The van der Waals surface area contributed by atoms with Gasteiger partial charge in [0.25, 0.3) is 0 Å². The lowest BCUT2D eigenvalue weighted by Crippen LogP contribution is -2.60. The first kappa shape index (κ1) is 24.8. The first-order chi connectivity index (χ1) is 12.9. The molecule has 164 valence electrons. The lowest BCUT2D eigenvalue weighted by atomic mass is 9.83. The van der Waals surface area contributed by atoms with Gasteiger partial charge in [-0.25, -0.2) is 9.59 Å². The zero-order chi connectivity index (χ0) is 21.6. The summed E-state index contributed by atoms with van der Waals surface area (Å²) in [5, 5.41) is 12.2. The van der Waals surface area contributed by atoms with E-state index in [9.17, 15) is 41.2 Å². The molecule has 0 unspecified atom stereocenters. The Morgan fingerprint density at radius 1 is 1.04 bits per heavy atom. The van der Waals surface area contributed by atoms with Gasteiger partial charge in [-0.1, -0.05) is 13.3 Å². The Bertz CT molecular complexity index is 531. The van der Waals surface area contributed by atoms with Crippen molar-refractivity contribution < 1.29 is 60.0 Å². The van der Waals surface area contributed by atoms with Crippen LogP contribution in [0.1, 0.15) is 45.4 Å². The van der Waals surface area contributed by atoms with Crippen molar-refractivity contribution in [3.05, 3.63) is 0 Å². The Labute approximate surface area is 159 Å². The molecule has 0 aromatic carbocycles. The highest BCUT2D eigenvalue weighted by Crippen LogP contribution is 2.53. The molecular formula is C14H17F6O7S-. The van der Waals surface area contributed by atoms with Gasteiger partial charge in [0.2, 0.25) is 0 Å². The quantitative estimate of drug-likeness (QED) is 0.186. The summed E-state index contributed by atoms with van der Waals surface area (Å²) in [6.45, 7) is 0.229. The minimum Gasteiger partial charge on any atom is -0.691 e. The molecule has 0 aromatic rings. The molecule has 1 aliphatic rings. The molecule has 0 N–H and O–H groups in total. The maximum Gasteiger partial charge on any atom is 0.425 e. The second-order valence-corrected chi connectivity index (χ2v) is 6.96. The summed E-state index contributed by atoms with van der Waals surface area (Å²) in [5.41, 5.74) is -0.902. The van der Waals surface area contributed by atoms with E-state index < -0.39 is 53.3 Å². The summed E-state index contributed by atoms with van der Waals surface area (Å²) in [4.78, 5) is 23.5. The van der Waals surface area contributed by atoms with Gasteiger partial charge >= 0.3 is 29.0 Å². The van der Waals surface area contributed by atoms with E-state index in [4.69, 9.17) is 4.74 Å². The molecule has 1 fully saturated rings. The van der Waals surface area contributed by atoms with Crippen LogP contribution in [0.3, 0.4) is 0 Å². The number of alkyl halides is 6. The molecule has 1 rings (SSSR count). The van der Waals surface area contributed by atoms with Crippen LogP contribution in [0, 0.1) is 0 Å². The summed E-state index contributed by atoms with van der Waals surface area (Å²) in [7, 11) is 0. The summed E-state index contributed by atoms with van der Waals surface area (Å²) in [5.74, 6) is -4.19. The number of carbonyl (C=O) groups excluding carboxylic acids is 2. The first-order valence-electron chi connectivity index (χ1n) is 8.02. The van der Waals surface area contributed by atoms with E-state index >= 15 is 0 Å². The van der Waals surface area contributed by atoms with E-state index in [1.165, 1.54) is 0 Å². The molecule has 0 atom stereocenters. The van der Waals surface area contributed by atoms with Crippen molar-refractivity contribution in [2.75, 3.05) is 6.61 Å². The van der Waals surface area contributed by atoms with E-state index in [0.29, 0.717) is 19.3 Å². The van der Waals surface area contributed by atoms with Crippen molar-refractivity contribution in [3.8, 4) is 0 Å². The number of esters is 2. The highest BCUT2D eigenvalue weighted by Gasteiger charge is 2.79. The molecule has 0 radical (unpaired) electrons. The summed E-state index contributed by atoms with van der Waals surface area (Å²) in [6, 6.07) is 0. The Morgan fingerprint density at radius 3 is 2.00 bits per heavy atom. The average Bonchev–Trinajstić information content (AvgIpc) is 2.59. The molecule has 0 saturated heterocycles. The predicted molar refractivity (Wildman–Crippen MR) is 77.8 cm³/mol. The van der Waals surface area contributed by atoms with Gasteiger partial charge < -0.3 is 14.7 Å². The predicted octanol–water partition coefficient (Wildman–Crippen LogP) is 2.92. The Morgan fingerprint density at radius 2 is 1.57 bits per heavy atom. The van der Waals surface area contributed by atoms with Crippen LogP contribution in [0.5, 0.6) is 0 Å². The molecule has 1 saturated carbocycles. The van der Waals surface area contributed by atoms with Crippen LogP contribution < -0.4 is 5.26 Å². The van der Waals surface area contributed by atoms with Crippen LogP contribution in [0.25, 0.3) is 0 Å². The number of ether oxygens (including phenoxy) is 2. The third-order valence-corrected chi connectivity index (χ3v) is 5.34. The number of halogens is 6. The lowest BCUT2D eigenvalue weighted by Gasteiger charge is -2.36. The highest BCUT2D eigenvalue weighted by atomic mass is 32.2. The van der Waals surface area contributed by atoms with Crippen molar-refractivity contribution in [1.82, 2.24) is 0 Å². The van der Waals surface area contributed by atoms with Gasteiger partial charge in [-0.2, -0.15) is 30.7 Å². The topological polar surface area (TPSA) is 94.1 Å². The molecule has 14 heteroatoms. The summed E-state index contributed by atoms with van der Waals surface area (Å²) < 4.78 is 85.3. The smallest absolute Gasteiger partial charge is 0.425 e. The van der Waals surface area contributed by atoms with Gasteiger partial charge in [-0.05, 0) is 32.1 Å². The SMILES string of the molecule is CCC1(OC(=O)COC(=O)C(SOO[O-])(C(F)(F)F)C(F)(F)F)CCCCC1. The zero-order valence-corrected chi connectivity index (χ0v) is 15.3. The van der Waals surface area contributed by atoms with Gasteiger partial charge in [-0.15, -0.1) is 0 Å². The molecule has 28 heavy (non-hydrogen) atoms. The minimum atomic E-state index is -6.29. The second kappa shape index (κ2) is 9.50. The van der Waals surface area contributed by atoms with Gasteiger partial charge in [-0.3, -0.25) is 5.04 Å². The van der Waals surface area contributed by atoms with E-state index in [1.54, 1.807) is 6.92 Å². The second-order valence-electron chi connectivity index (χ2n) is 6.04. The molecule has 0 amide bonds. The number of hydrogen-bond acceptors (Lipinski definition) is 8. The third-order valence-electron chi connectivity index (χ3n) is 4.33. The highest BCUT2D eigenvalue weighted by molar-refractivity contribution is 7.96. The van der Waals surface area contributed by atoms with Gasteiger partial charge in [0.1, 0.15) is 5.60 Å². The van der Waals surface area contributed by atoms with Crippen LogP contribution in [-0.2, 0) is 28.4 Å². The zero-order valence-electron chi connectivity index (χ0n) is 14.5. The molecular weight excluding hydrogens is 426 g/mol. The average molecular weight is 443 g/mol. The fourth-order valence-corrected chi connectivity index (χ4v) is 3.25. The van der Waals surface area contributed by atoms with Gasteiger partial charge in [0.15, 0.2) is 6.61 Å². The molecule has 0 heterocycles. The van der Waals surface area contributed by atoms with Crippen LogP contribution >= 0.6 is 12.0 Å². The largest absolute Gasteiger partial charge is 0.691 e. The Balaban J connectivity index is 2.91. The number of hydrogen-bond donors (Lipinski definition) is 0. The van der Waals surface area contributed by atoms with Crippen molar-refractivity contribution in [3.63, 3.8) is 0 Å². The van der Waals surface area contributed by atoms with E-state index in [2.05, 4.69) is 14.1 Å². The van der Waals surface area contributed by atoms with Crippen molar-refractivity contribution in [2.24, 2.45) is 0 Å². The van der Waals surface area contributed by atoms with Crippen molar-refractivity contribution in [2.45, 2.75) is 68.1 Å². The number of carbonyl (C=O) groups is 2. The molecule has 1 aliphatic carbocycles. The van der Waals surface area contributed by atoms with Crippen LogP contribution in [0.15, 0.2) is 0 Å². The third kappa shape index (κ3) is 5.42. The summed E-state index contributed by atoms with van der Waals surface area (Å²) >= 11 is -1.63. The molecule has 0 spiro atoms. The van der Waals surface area contributed by atoms with Crippen LogP contribution in [0.4, 0.5) is 26.3 Å². The Hall–Kier alpha value is -1.25.